The fourth-order valence-electron chi connectivity index (χ4n) is 1.73. The standard InChI is InChI=1S/C15H14FNO/c1-11(13-8-5-9-14(16)10-13)17-15(18)12-6-3-2-4-7-12/h2-11H,1H3,(H,17,18)/t11-/m0/s1. The van der Waals surface area contributed by atoms with Crippen LogP contribution in [0, 0.1) is 5.82 Å². The van der Waals surface area contributed by atoms with E-state index in [1.165, 1.54) is 12.1 Å². The number of hydrogen-bond acceptors (Lipinski definition) is 1. The largest absolute Gasteiger partial charge is 0.346 e. The summed E-state index contributed by atoms with van der Waals surface area (Å²) in [5.41, 5.74) is 1.35. The third-order valence-electron chi connectivity index (χ3n) is 2.73. The fraction of sp³-hybridized carbons (Fsp3) is 0.133. The van der Waals surface area contributed by atoms with Gasteiger partial charge < -0.3 is 5.32 Å². The number of hydrogen-bond donors (Lipinski definition) is 1. The highest BCUT2D eigenvalue weighted by Crippen LogP contribution is 2.14. The number of nitrogens with one attached hydrogen (secondary N) is 1. The van der Waals surface area contributed by atoms with E-state index in [1.807, 2.05) is 25.1 Å². The summed E-state index contributed by atoms with van der Waals surface area (Å²) in [4.78, 5) is 11.9. The lowest BCUT2D eigenvalue weighted by Gasteiger charge is -2.14. The van der Waals surface area contributed by atoms with Crippen LogP contribution in [0.25, 0.3) is 0 Å². The van der Waals surface area contributed by atoms with E-state index in [0.717, 1.165) is 5.56 Å². The zero-order valence-electron chi connectivity index (χ0n) is 10.1. The summed E-state index contributed by atoms with van der Waals surface area (Å²) < 4.78 is 13.1. The first-order chi connectivity index (χ1) is 8.66. The summed E-state index contributed by atoms with van der Waals surface area (Å²) in [6.07, 6.45) is 0. The molecule has 0 bridgehead atoms. The quantitative estimate of drug-likeness (QED) is 0.880. The Morgan fingerprint density at radius 1 is 1.11 bits per heavy atom. The van der Waals surface area contributed by atoms with Crippen molar-refractivity contribution >= 4 is 5.91 Å². The predicted molar refractivity (Wildman–Crippen MR) is 68.7 cm³/mol. The zero-order chi connectivity index (χ0) is 13.0. The van der Waals surface area contributed by atoms with E-state index >= 15 is 0 Å². The van der Waals surface area contributed by atoms with E-state index in [9.17, 15) is 9.18 Å². The lowest BCUT2D eigenvalue weighted by atomic mass is 10.1. The minimum Gasteiger partial charge on any atom is -0.346 e. The third-order valence-corrected chi connectivity index (χ3v) is 2.73. The van der Waals surface area contributed by atoms with Gasteiger partial charge in [-0.3, -0.25) is 4.79 Å². The van der Waals surface area contributed by atoms with Crippen LogP contribution < -0.4 is 5.32 Å². The molecule has 0 aliphatic rings. The number of amides is 1. The second-order valence-corrected chi connectivity index (χ2v) is 4.12. The van der Waals surface area contributed by atoms with Gasteiger partial charge in [-0.25, -0.2) is 4.39 Å². The molecule has 2 aromatic carbocycles. The highest BCUT2D eigenvalue weighted by molar-refractivity contribution is 5.94. The molecule has 1 amide bonds. The number of benzene rings is 2. The third kappa shape index (κ3) is 2.94. The molecule has 0 saturated carbocycles. The Morgan fingerprint density at radius 3 is 2.50 bits per heavy atom. The van der Waals surface area contributed by atoms with E-state index in [-0.39, 0.29) is 17.8 Å². The van der Waals surface area contributed by atoms with Gasteiger partial charge in [0, 0.05) is 5.56 Å². The molecule has 0 aliphatic carbocycles. The summed E-state index contributed by atoms with van der Waals surface area (Å²) in [7, 11) is 0. The van der Waals surface area contributed by atoms with Crippen LogP contribution in [0.4, 0.5) is 4.39 Å². The molecule has 0 fully saturated rings. The fourth-order valence-corrected chi connectivity index (χ4v) is 1.73. The van der Waals surface area contributed by atoms with Crippen molar-refractivity contribution in [1.82, 2.24) is 5.32 Å². The van der Waals surface area contributed by atoms with Gasteiger partial charge in [-0.05, 0) is 36.8 Å². The maximum atomic E-state index is 13.1. The molecule has 0 saturated heterocycles. The summed E-state index contributed by atoms with van der Waals surface area (Å²) >= 11 is 0. The van der Waals surface area contributed by atoms with Crippen LogP contribution in [0.3, 0.4) is 0 Å². The van der Waals surface area contributed by atoms with Crippen LogP contribution >= 0.6 is 0 Å². The summed E-state index contributed by atoms with van der Waals surface area (Å²) in [5.74, 6) is -0.458. The summed E-state index contributed by atoms with van der Waals surface area (Å²) in [6.45, 7) is 1.83. The summed E-state index contributed by atoms with van der Waals surface area (Å²) in [6, 6.07) is 15.0. The molecule has 0 radical (unpaired) electrons. The van der Waals surface area contributed by atoms with Crippen LogP contribution in [0.15, 0.2) is 54.6 Å². The molecule has 0 aliphatic heterocycles. The number of carbonyl (C=O) groups is 1. The van der Waals surface area contributed by atoms with Gasteiger partial charge in [-0.15, -0.1) is 0 Å². The highest BCUT2D eigenvalue weighted by Gasteiger charge is 2.11. The number of rotatable bonds is 3. The molecule has 3 heteroatoms. The molecule has 92 valence electrons. The van der Waals surface area contributed by atoms with Crippen molar-refractivity contribution in [2.45, 2.75) is 13.0 Å². The second kappa shape index (κ2) is 5.45. The molecule has 0 unspecified atom stereocenters. The highest BCUT2D eigenvalue weighted by atomic mass is 19.1. The van der Waals surface area contributed by atoms with Gasteiger partial charge in [0.15, 0.2) is 0 Å². The molecule has 2 aromatic rings. The van der Waals surface area contributed by atoms with Crippen LogP contribution in [0.1, 0.15) is 28.9 Å². The van der Waals surface area contributed by atoms with Crippen LogP contribution in [0.5, 0.6) is 0 Å². The minimum absolute atomic E-state index is 0.160. The van der Waals surface area contributed by atoms with Crippen molar-refractivity contribution in [3.05, 3.63) is 71.5 Å². The van der Waals surface area contributed by atoms with Crippen LogP contribution in [0.2, 0.25) is 0 Å². The van der Waals surface area contributed by atoms with E-state index in [4.69, 9.17) is 0 Å². The lowest BCUT2D eigenvalue weighted by Crippen LogP contribution is -2.26. The maximum Gasteiger partial charge on any atom is 0.251 e. The Balaban J connectivity index is 2.08. The number of carbonyl (C=O) groups excluding carboxylic acids is 1. The van der Waals surface area contributed by atoms with Crippen molar-refractivity contribution in [2.75, 3.05) is 0 Å². The van der Waals surface area contributed by atoms with Crippen molar-refractivity contribution < 1.29 is 9.18 Å². The van der Waals surface area contributed by atoms with Crippen LogP contribution in [-0.2, 0) is 0 Å². The van der Waals surface area contributed by atoms with Gasteiger partial charge >= 0.3 is 0 Å². The lowest BCUT2D eigenvalue weighted by molar-refractivity contribution is 0.0940. The van der Waals surface area contributed by atoms with Gasteiger partial charge in [-0.1, -0.05) is 30.3 Å². The van der Waals surface area contributed by atoms with E-state index in [1.54, 1.807) is 24.3 Å². The van der Waals surface area contributed by atoms with Crippen molar-refractivity contribution in [1.29, 1.82) is 0 Å². The Morgan fingerprint density at radius 2 is 1.83 bits per heavy atom. The van der Waals surface area contributed by atoms with Gasteiger partial charge in [0.2, 0.25) is 0 Å². The van der Waals surface area contributed by atoms with Gasteiger partial charge in [0.1, 0.15) is 5.82 Å². The van der Waals surface area contributed by atoms with Crippen molar-refractivity contribution in [3.63, 3.8) is 0 Å². The Kier molecular flexibility index (Phi) is 3.72. The number of halogens is 1. The molecule has 18 heavy (non-hydrogen) atoms. The smallest absolute Gasteiger partial charge is 0.251 e. The monoisotopic (exact) mass is 243 g/mol. The molecular formula is C15H14FNO. The Bertz CT molecular complexity index is 539. The zero-order valence-corrected chi connectivity index (χ0v) is 10.1. The van der Waals surface area contributed by atoms with E-state index < -0.39 is 0 Å². The SMILES string of the molecule is C[C@H](NC(=O)c1ccccc1)c1cccc(F)c1. The maximum absolute atomic E-state index is 13.1. The Labute approximate surface area is 105 Å². The molecule has 0 heterocycles. The first kappa shape index (κ1) is 12.3. The predicted octanol–water partition coefficient (Wildman–Crippen LogP) is 3.32. The van der Waals surface area contributed by atoms with Gasteiger partial charge in [0.05, 0.1) is 6.04 Å². The molecule has 1 N–H and O–H groups in total. The normalized spacial score (nSPS) is 11.9. The molecule has 0 spiro atoms. The second-order valence-electron chi connectivity index (χ2n) is 4.12. The first-order valence-corrected chi connectivity index (χ1v) is 5.78. The van der Waals surface area contributed by atoms with Gasteiger partial charge in [-0.2, -0.15) is 0 Å². The molecule has 2 rings (SSSR count). The summed E-state index contributed by atoms with van der Waals surface area (Å²) in [5, 5.41) is 2.83. The minimum atomic E-state index is -0.298. The average molecular weight is 243 g/mol. The Hall–Kier alpha value is -2.16. The molecule has 0 aromatic heterocycles. The van der Waals surface area contributed by atoms with E-state index in [2.05, 4.69) is 5.32 Å². The van der Waals surface area contributed by atoms with Gasteiger partial charge in [0.25, 0.3) is 5.91 Å². The van der Waals surface area contributed by atoms with E-state index in [0.29, 0.717) is 5.56 Å². The topological polar surface area (TPSA) is 29.1 Å². The average Bonchev–Trinajstić information content (AvgIpc) is 2.39. The van der Waals surface area contributed by atoms with Crippen LogP contribution in [-0.4, -0.2) is 5.91 Å². The first-order valence-electron chi connectivity index (χ1n) is 5.78. The molecular weight excluding hydrogens is 229 g/mol. The van der Waals surface area contributed by atoms with Crippen molar-refractivity contribution in [3.8, 4) is 0 Å². The molecule has 2 nitrogen and oxygen atoms in total. The molecule has 1 atom stereocenters. The van der Waals surface area contributed by atoms with Crippen molar-refractivity contribution in [2.24, 2.45) is 0 Å².